The topological polar surface area (TPSA) is 145 Å². The number of benzene rings is 3. The fourth-order valence-corrected chi connectivity index (χ4v) is 6.51. The highest BCUT2D eigenvalue weighted by Crippen LogP contribution is 2.35. The molecule has 3 heterocycles. The molecule has 0 aliphatic carbocycles. The van der Waals surface area contributed by atoms with Crippen molar-refractivity contribution < 1.29 is 33.4 Å². The maximum absolute atomic E-state index is 14.1. The number of nitrogens with zero attached hydrogens (tertiary/aromatic N) is 4. The second-order valence-electron chi connectivity index (χ2n) is 14.3. The Balaban J connectivity index is 1.24. The number of rotatable bonds is 10. The normalized spacial score (nSPS) is 16.9. The van der Waals surface area contributed by atoms with Crippen LogP contribution in [0.1, 0.15) is 49.4 Å². The van der Waals surface area contributed by atoms with E-state index in [1.807, 2.05) is 60.7 Å². The number of urea groups is 1. The molecule has 0 bridgehead atoms. The number of esters is 1. The summed E-state index contributed by atoms with van der Waals surface area (Å²) >= 11 is 0. The maximum Gasteiger partial charge on any atom is 0.416 e. The van der Waals surface area contributed by atoms with E-state index < -0.39 is 41.6 Å². The Labute approximate surface area is 315 Å². The van der Waals surface area contributed by atoms with Crippen LogP contribution in [0.25, 0.3) is 5.57 Å². The number of ether oxygens (including phenoxy) is 3. The lowest BCUT2D eigenvalue weighted by molar-refractivity contribution is -0.171. The second-order valence-corrected chi connectivity index (χ2v) is 14.3. The second kappa shape index (κ2) is 16.2. The van der Waals surface area contributed by atoms with Gasteiger partial charge < -0.3 is 24.8 Å². The lowest BCUT2D eigenvalue weighted by Gasteiger charge is -2.46. The van der Waals surface area contributed by atoms with Crippen LogP contribution in [0.3, 0.4) is 0 Å². The Morgan fingerprint density at radius 2 is 1.69 bits per heavy atom. The molecule has 54 heavy (non-hydrogen) atoms. The van der Waals surface area contributed by atoms with Crippen LogP contribution in [0.2, 0.25) is 0 Å². The molecule has 0 radical (unpaired) electrons. The molecule has 2 aliphatic heterocycles. The maximum atomic E-state index is 14.1. The Hall–Kier alpha value is -6.17. The van der Waals surface area contributed by atoms with Gasteiger partial charge in [-0.1, -0.05) is 60.7 Å². The first kappa shape index (κ1) is 37.6. The number of β-lactam (4-membered cyclic amide) rings is 1. The van der Waals surface area contributed by atoms with E-state index >= 15 is 0 Å². The van der Waals surface area contributed by atoms with Crippen LogP contribution in [0, 0.1) is 5.92 Å². The molecule has 0 saturated carbocycles. The number of anilines is 2. The molecule has 2 atom stereocenters. The molecule has 6 rings (SSSR count). The molecule has 12 heteroatoms. The van der Waals surface area contributed by atoms with Crippen LogP contribution in [-0.4, -0.2) is 70.6 Å². The number of methoxy groups -OCH3 is 1. The highest BCUT2D eigenvalue weighted by Gasteiger charge is 2.56. The zero-order valence-corrected chi connectivity index (χ0v) is 30.9. The van der Waals surface area contributed by atoms with Gasteiger partial charge in [0.15, 0.2) is 6.04 Å². The Kier molecular flexibility index (Phi) is 11.3. The molecule has 4 aromatic rings. The molecule has 4 amide bonds. The van der Waals surface area contributed by atoms with Crippen LogP contribution in [0.5, 0.6) is 5.75 Å². The van der Waals surface area contributed by atoms with Gasteiger partial charge in [-0.15, -0.1) is 0 Å². The van der Waals surface area contributed by atoms with E-state index in [0.717, 1.165) is 27.2 Å². The van der Waals surface area contributed by atoms with Crippen molar-refractivity contribution in [2.45, 2.75) is 58.4 Å². The third-order valence-corrected chi connectivity index (χ3v) is 9.22. The standard InChI is InChI=1S/C42H45N5O7/c1-42(2,3)54-41(51)46(25-28-15-17-34(52-4)18-16-28)36-23-30(19-20-44-36)22-35-37(39(49)53-27-29-10-6-5-7-11-29)47(38(35)48)40(50)45-21-9-13-32(26-45)31-12-8-14-33(43)24-31/h5-8,10-20,23-24,35,37H,9,21-22,25-27,43H2,1-4H3/t35-,37+/m1/s1. The molecule has 1 aromatic heterocycles. The van der Waals surface area contributed by atoms with Gasteiger partial charge in [0.25, 0.3) is 0 Å². The van der Waals surface area contributed by atoms with Gasteiger partial charge in [0, 0.05) is 25.0 Å². The minimum atomic E-state index is -1.16. The molecular weight excluding hydrogens is 686 g/mol. The zero-order valence-electron chi connectivity index (χ0n) is 30.9. The predicted molar refractivity (Wildman–Crippen MR) is 204 cm³/mol. The molecule has 0 spiro atoms. The largest absolute Gasteiger partial charge is 0.497 e. The average Bonchev–Trinajstić information content (AvgIpc) is 3.17. The van der Waals surface area contributed by atoms with Crippen molar-refractivity contribution in [1.29, 1.82) is 0 Å². The van der Waals surface area contributed by atoms with Gasteiger partial charge in [-0.05, 0) is 97.8 Å². The van der Waals surface area contributed by atoms with Gasteiger partial charge in [-0.25, -0.2) is 24.3 Å². The number of nitrogen functional groups attached to an aromatic ring is 1. The van der Waals surface area contributed by atoms with Crippen LogP contribution >= 0.6 is 0 Å². The number of imide groups is 1. The van der Waals surface area contributed by atoms with Gasteiger partial charge in [-0.3, -0.25) is 9.69 Å². The van der Waals surface area contributed by atoms with Gasteiger partial charge in [0.1, 0.15) is 23.8 Å². The van der Waals surface area contributed by atoms with Crippen molar-refractivity contribution in [1.82, 2.24) is 14.8 Å². The highest BCUT2D eigenvalue weighted by molar-refractivity contribution is 6.08. The van der Waals surface area contributed by atoms with Crippen molar-refractivity contribution >= 4 is 41.1 Å². The fraction of sp³-hybridized carbons (Fsp3) is 0.310. The number of nitrogens with two attached hydrogens (primary N) is 1. The summed E-state index contributed by atoms with van der Waals surface area (Å²) in [5.74, 6) is -1.07. The number of hydrogen-bond donors (Lipinski definition) is 1. The van der Waals surface area contributed by atoms with Gasteiger partial charge in [0.2, 0.25) is 5.91 Å². The number of carbonyl (C=O) groups excluding carboxylic acids is 4. The van der Waals surface area contributed by atoms with Crippen LogP contribution in [0.4, 0.5) is 21.1 Å². The van der Waals surface area contributed by atoms with Crippen LogP contribution in [-0.2, 0) is 38.6 Å². The Morgan fingerprint density at radius 3 is 2.39 bits per heavy atom. The first-order chi connectivity index (χ1) is 25.9. The van der Waals surface area contributed by atoms with Crippen molar-refractivity contribution in [3.8, 4) is 5.75 Å². The average molecular weight is 732 g/mol. The minimum absolute atomic E-state index is 0.0131. The van der Waals surface area contributed by atoms with Gasteiger partial charge in [-0.2, -0.15) is 0 Å². The predicted octanol–water partition coefficient (Wildman–Crippen LogP) is 6.64. The summed E-state index contributed by atoms with van der Waals surface area (Å²) < 4.78 is 16.7. The molecule has 1 fully saturated rings. The van der Waals surface area contributed by atoms with Crippen molar-refractivity contribution in [3.05, 3.63) is 126 Å². The summed E-state index contributed by atoms with van der Waals surface area (Å²) in [6.07, 6.45) is 3.68. The first-order valence-corrected chi connectivity index (χ1v) is 17.9. The fourth-order valence-electron chi connectivity index (χ4n) is 6.51. The number of carbonyl (C=O) groups is 4. The van der Waals surface area contributed by atoms with Crippen LogP contribution in [0.15, 0.2) is 103 Å². The molecule has 3 aromatic carbocycles. The third-order valence-electron chi connectivity index (χ3n) is 9.22. The van der Waals surface area contributed by atoms with Crippen molar-refractivity contribution in [3.63, 3.8) is 0 Å². The summed E-state index contributed by atoms with van der Waals surface area (Å²) in [5.41, 5.74) is 9.87. The third kappa shape index (κ3) is 8.88. The molecule has 2 aliphatic rings. The smallest absolute Gasteiger partial charge is 0.416 e. The Morgan fingerprint density at radius 1 is 0.926 bits per heavy atom. The molecule has 1 saturated heterocycles. The van der Waals surface area contributed by atoms with Gasteiger partial charge in [0.05, 0.1) is 19.6 Å². The molecular formula is C42H45N5O7. The number of amides is 4. The summed E-state index contributed by atoms with van der Waals surface area (Å²) in [5, 5.41) is 0. The number of likely N-dealkylation sites (tertiary alicyclic amines) is 1. The number of pyridine rings is 1. The quantitative estimate of drug-likeness (QED) is 0.108. The van der Waals surface area contributed by atoms with Crippen molar-refractivity contribution in [2.75, 3.05) is 30.8 Å². The van der Waals surface area contributed by atoms with E-state index in [9.17, 15) is 19.2 Å². The lowest BCUT2D eigenvalue weighted by Crippen LogP contribution is -2.69. The van der Waals surface area contributed by atoms with Gasteiger partial charge >= 0.3 is 18.1 Å². The molecule has 0 unspecified atom stereocenters. The molecule has 2 N–H and O–H groups in total. The number of aromatic nitrogens is 1. The summed E-state index contributed by atoms with van der Waals surface area (Å²) in [6, 6.07) is 25.6. The monoisotopic (exact) mass is 731 g/mol. The molecule has 12 nitrogen and oxygen atoms in total. The van der Waals surface area contributed by atoms with E-state index in [1.54, 1.807) is 69.3 Å². The first-order valence-electron chi connectivity index (χ1n) is 17.9. The van der Waals surface area contributed by atoms with E-state index in [1.165, 1.54) is 4.90 Å². The van der Waals surface area contributed by atoms with E-state index in [4.69, 9.17) is 19.9 Å². The minimum Gasteiger partial charge on any atom is -0.497 e. The number of hydrogen-bond acceptors (Lipinski definition) is 9. The summed E-state index contributed by atoms with van der Waals surface area (Å²) in [7, 11) is 1.58. The summed E-state index contributed by atoms with van der Waals surface area (Å²) in [6.45, 7) is 6.12. The van der Waals surface area contributed by atoms with Crippen LogP contribution < -0.4 is 15.4 Å². The summed E-state index contributed by atoms with van der Waals surface area (Å²) in [4.78, 5) is 63.9. The molecule has 280 valence electrons. The van der Waals surface area contributed by atoms with E-state index in [-0.39, 0.29) is 26.1 Å². The van der Waals surface area contributed by atoms with E-state index in [0.29, 0.717) is 35.8 Å². The Bertz CT molecular complexity index is 2030. The lowest BCUT2D eigenvalue weighted by atomic mass is 9.82. The highest BCUT2D eigenvalue weighted by atomic mass is 16.6. The zero-order chi connectivity index (χ0) is 38.4. The van der Waals surface area contributed by atoms with Crippen molar-refractivity contribution in [2.24, 2.45) is 5.92 Å². The SMILES string of the molecule is COc1ccc(CN(C(=O)OC(C)(C)C)c2cc(C[C@H]3C(=O)N(C(=O)N4CCC=C(c5cccc(N)c5)C4)[C@@H]3C(=O)OCc3ccccc3)ccn2)cc1. The van der Waals surface area contributed by atoms with E-state index in [2.05, 4.69) is 11.1 Å².